The van der Waals surface area contributed by atoms with E-state index in [0.29, 0.717) is 0 Å². The third-order valence-electron chi connectivity index (χ3n) is 1.98. The minimum absolute atomic E-state index is 0.994. The van der Waals surface area contributed by atoms with Crippen LogP contribution >= 0.6 is 33.9 Å². The van der Waals surface area contributed by atoms with Crippen LogP contribution in [-0.2, 0) is 4.43 Å². The van der Waals surface area contributed by atoms with Crippen molar-refractivity contribution in [1.82, 2.24) is 4.98 Å². The monoisotopic (exact) mass is 315 g/mol. The van der Waals surface area contributed by atoms with Crippen LogP contribution in [-0.4, -0.2) is 4.98 Å². The van der Waals surface area contributed by atoms with E-state index in [0.717, 1.165) is 10.1 Å². The molecule has 0 amide bonds. The van der Waals surface area contributed by atoms with E-state index < -0.39 is 0 Å². The average molecular weight is 315 g/mol. The van der Waals surface area contributed by atoms with Crippen LogP contribution in [0.4, 0.5) is 0 Å². The lowest BCUT2D eigenvalue weighted by molar-refractivity contribution is 1.28. The summed E-state index contributed by atoms with van der Waals surface area (Å²) in [5.41, 5.74) is 3.61. The van der Waals surface area contributed by atoms with Crippen molar-refractivity contribution in [2.24, 2.45) is 0 Å². The molecule has 1 aromatic carbocycles. The van der Waals surface area contributed by atoms with Gasteiger partial charge in [0.25, 0.3) is 0 Å². The summed E-state index contributed by atoms with van der Waals surface area (Å²) in [6.07, 6.45) is 0. The largest absolute Gasteiger partial charge is 0.240 e. The van der Waals surface area contributed by atoms with E-state index >= 15 is 0 Å². The summed E-state index contributed by atoms with van der Waals surface area (Å²) in [5, 5.41) is 3.32. The summed E-state index contributed by atoms with van der Waals surface area (Å²) in [4.78, 5) is 4.55. The van der Waals surface area contributed by atoms with E-state index in [-0.39, 0.29) is 0 Å². The second-order valence-electron chi connectivity index (χ2n) is 3.13. The fourth-order valence-corrected chi connectivity index (χ4v) is 2.67. The number of alkyl halides is 1. The van der Waals surface area contributed by atoms with Crippen LogP contribution in [0.5, 0.6) is 0 Å². The molecule has 0 saturated carbocycles. The highest BCUT2D eigenvalue weighted by atomic mass is 127. The van der Waals surface area contributed by atoms with E-state index in [2.05, 4.69) is 64.1 Å². The molecule has 0 fully saturated rings. The van der Waals surface area contributed by atoms with Crippen LogP contribution in [0, 0.1) is 6.92 Å². The van der Waals surface area contributed by atoms with Crippen LogP contribution in [0.2, 0.25) is 0 Å². The number of hydrogen-bond acceptors (Lipinski definition) is 2. The number of aromatic nitrogens is 1. The predicted molar refractivity (Wildman–Crippen MR) is 70.0 cm³/mol. The molecule has 2 aromatic rings. The van der Waals surface area contributed by atoms with E-state index in [9.17, 15) is 0 Å². The second kappa shape index (κ2) is 4.40. The Morgan fingerprint density at radius 3 is 2.93 bits per heavy atom. The standard InChI is InChI=1S/C11H10INS/c1-8-3-2-4-9(5-8)10-7-14-11(6-12)13-10/h2-5,7H,6H2,1H3. The first-order valence-corrected chi connectivity index (χ1v) is 6.77. The van der Waals surface area contributed by atoms with Gasteiger partial charge in [0, 0.05) is 10.9 Å². The smallest absolute Gasteiger partial charge is 0.103 e. The number of halogens is 1. The van der Waals surface area contributed by atoms with Gasteiger partial charge in [-0.1, -0.05) is 46.4 Å². The fourth-order valence-electron chi connectivity index (χ4n) is 1.31. The van der Waals surface area contributed by atoms with Crippen molar-refractivity contribution >= 4 is 33.9 Å². The van der Waals surface area contributed by atoms with E-state index in [1.165, 1.54) is 16.1 Å². The third-order valence-corrected chi connectivity index (χ3v) is 4.07. The summed E-state index contributed by atoms with van der Waals surface area (Å²) in [7, 11) is 0. The summed E-state index contributed by atoms with van der Waals surface area (Å²) in [6.45, 7) is 2.11. The number of hydrogen-bond donors (Lipinski definition) is 0. The molecule has 0 saturated heterocycles. The Morgan fingerprint density at radius 2 is 2.29 bits per heavy atom. The summed E-state index contributed by atoms with van der Waals surface area (Å²) in [6, 6.07) is 8.47. The van der Waals surface area contributed by atoms with Gasteiger partial charge in [-0.3, -0.25) is 0 Å². The Bertz CT molecular complexity index is 436. The van der Waals surface area contributed by atoms with Crippen molar-refractivity contribution < 1.29 is 0 Å². The molecule has 0 N–H and O–H groups in total. The molecule has 3 heteroatoms. The lowest BCUT2D eigenvalue weighted by atomic mass is 10.1. The number of nitrogens with zero attached hydrogens (tertiary/aromatic N) is 1. The number of benzene rings is 1. The zero-order valence-electron chi connectivity index (χ0n) is 7.83. The minimum atomic E-state index is 0.994. The predicted octanol–water partition coefficient (Wildman–Crippen LogP) is 4.05. The van der Waals surface area contributed by atoms with Gasteiger partial charge in [-0.05, 0) is 13.0 Å². The Balaban J connectivity index is 2.39. The highest BCUT2D eigenvalue weighted by Crippen LogP contribution is 2.23. The Morgan fingerprint density at radius 1 is 1.43 bits per heavy atom. The first-order valence-electron chi connectivity index (χ1n) is 4.37. The maximum atomic E-state index is 4.55. The van der Waals surface area contributed by atoms with Crippen LogP contribution in [0.1, 0.15) is 10.6 Å². The topological polar surface area (TPSA) is 12.9 Å². The molecule has 14 heavy (non-hydrogen) atoms. The Hall–Kier alpha value is -0.420. The zero-order valence-corrected chi connectivity index (χ0v) is 10.8. The van der Waals surface area contributed by atoms with E-state index in [4.69, 9.17) is 0 Å². The molecule has 1 aromatic heterocycles. The molecule has 0 bridgehead atoms. The molecule has 1 nitrogen and oxygen atoms in total. The van der Waals surface area contributed by atoms with Crippen molar-refractivity contribution in [1.29, 1.82) is 0 Å². The SMILES string of the molecule is Cc1cccc(-c2csc(CI)n2)c1. The van der Waals surface area contributed by atoms with Crippen molar-refractivity contribution in [2.45, 2.75) is 11.4 Å². The van der Waals surface area contributed by atoms with Gasteiger partial charge in [-0.15, -0.1) is 11.3 Å². The second-order valence-corrected chi connectivity index (χ2v) is 4.84. The number of thiazole rings is 1. The lowest BCUT2D eigenvalue weighted by Gasteiger charge is -1.97. The Kier molecular flexibility index (Phi) is 3.18. The molecule has 0 atom stereocenters. The first kappa shape index (κ1) is 10.1. The van der Waals surface area contributed by atoms with Gasteiger partial charge in [0.1, 0.15) is 5.01 Å². The molecular weight excluding hydrogens is 305 g/mol. The molecule has 0 spiro atoms. The molecule has 0 aliphatic rings. The highest BCUT2D eigenvalue weighted by Gasteiger charge is 2.02. The van der Waals surface area contributed by atoms with Gasteiger partial charge in [-0.2, -0.15) is 0 Å². The van der Waals surface area contributed by atoms with Crippen LogP contribution < -0.4 is 0 Å². The van der Waals surface area contributed by atoms with Gasteiger partial charge < -0.3 is 0 Å². The van der Waals surface area contributed by atoms with Crippen molar-refractivity contribution in [3.05, 3.63) is 40.2 Å². The van der Waals surface area contributed by atoms with Crippen LogP contribution in [0.3, 0.4) is 0 Å². The number of aryl methyl sites for hydroxylation is 1. The van der Waals surface area contributed by atoms with Crippen molar-refractivity contribution in [3.8, 4) is 11.3 Å². The molecule has 0 aliphatic carbocycles. The quantitative estimate of drug-likeness (QED) is 0.602. The van der Waals surface area contributed by atoms with E-state index in [1.54, 1.807) is 11.3 Å². The average Bonchev–Trinajstić information content (AvgIpc) is 2.66. The van der Waals surface area contributed by atoms with Crippen molar-refractivity contribution in [3.63, 3.8) is 0 Å². The van der Waals surface area contributed by atoms with Crippen LogP contribution in [0.15, 0.2) is 29.6 Å². The molecular formula is C11H10INS. The van der Waals surface area contributed by atoms with Gasteiger partial charge in [0.15, 0.2) is 0 Å². The third kappa shape index (κ3) is 2.15. The molecule has 0 radical (unpaired) electrons. The number of rotatable bonds is 2. The maximum Gasteiger partial charge on any atom is 0.103 e. The highest BCUT2D eigenvalue weighted by molar-refractivity contribution is 14.1. The molecule has 72 valence electrons. The minimum Gasteiger partial charge on any atom is -0.240 e. The zero-order chi connectivity index (χ0) is 9.97. The molecule has 2 rings (SSSR count). The maximum absolute atomic E-state index is 4.55. The molecule has 1 heterocycles. The van der Waals surface area contributed by atoms with Gasteiger partial charge in [0.2, 0.25) is 0 Å². The summed E-state index contributed by atoms with van der Waals surface area (Å²) in [5.74, 6) is 0. The fraction of sp³-hybridized carbons (Fsp3) is 0.182. The lowest BCUT2D eigenvalue weighted by Crippen LogP contribution is -1.80. The van der Waals surface area contributed by atoms with Gasteiger partial charge >= 0.3 is 0 Å². The molecule has 0 aliphatic heterocycles. The van der Waals surface area contributed by atoms with Crippen LogP contribution in [0.25, 0.3) is 11.3 Å². The first-order chi connectivity index (χ1) is 6.79. The van der Waals surface area contributed by atoms with Gasteiger partial charge in [-0.25, -0.2) is 4.98 Å². The van der Waals surface area contributed by atoms with E-state index in [1.807, 2.05) is 0 Å². The summed E-state index contributed by atoms with van der Waals surface area (Å²) < 4.78 is 0.994. The summed E-state index contributed by atoms with van der Waals surface area (Å²) >= 11 is 4.07. The Labute approximate surface area is 101 Å². The molecule has 0 unspecified atom stereocenters. The normalized spacial score (nSPS) is 10.4. The van der Waals surface area contributed by atoms with Crippen molar-refractivity contribution in [2.75, 3.05) is 0 Å². The van der Waals surface area contributed by atoms with Gasteiger partial charge in [0.05, 0.1) is 10.1 Å².